The molecule has 0 saturated carbocycles. The number of anilines is 1. The molecule has 182 valence electrons. The molecule has 2 atom stereocenters. The van der Waals surface area contributed by atoms with E-state index in [0.717, 1.165) is 71.2 Å². The molecule has 0 radical (unpaired) electrons. The number of H-pyrrole nitrogens is 1. The SMILES string of the molecule is c1cc(-c2nc(N3CCOCC3)c3nc(C(C4CCN4)N4CCCCC4)sc3n2)c2cc[nH]c2c1. The Hall–Kier alpha value is -2.59. The second-order valence-electron chi connectivity index (χ2n) is 9.81. The van der Waals surface area contributed by atoms with Crippen LogP contribution in [0.5, 0.6) is 0 Å². The van der Waals surface area contributed by atoms with Crippen LogP contribution in [-0.2, 0) is 4.74 Å². The van der Waals surface area contributed by atoms with Crippen LogP contribution in [0.25, 0.3) is 32.6 Å². The van der Waals surface area contributed by atoms with Crippen molar-refractivity contribution in [2.45, 2.75) is 37.8 Å². The standard InChI is InChI=1S/C26H31N7OS/c1-2-11-32(12-3-1)22(20-8-10-28-20)26-29-21-24(33-13-15-34-16-14-33)30-23(31-25(21)35-26)18-5-4-6-19-17(18)7-9-27-19/h4-7,9,20,22,27-28H,1-3,8,10-16H2. The Morgan fingerprint density at radius 1 is 1.00 bits per heavy atom. The molecule has 35 heavy (non-hydrogen) atoms. The summed E-state index contributed by atoms with van der Waals surface area (Å²) in [5, 5.41) is 6.00. The highest BCUT2D eigenvalue weighted by Gasteiger charge is 2.36. The highest BCUT2D eigenvalue weighted by molar-refractivity contribution is 7.18. The van der Waals surface area contributed by atoms with Crippen molar-refractivity contribution in [3.05, 3.63) is 35.5 Å². The van der Waals surface area contributed by atoms with Crippen molar-refractivity contribution in [3.8, 4) is 11.4 Å². The second-order valence-corrected chi connectivity index (χ2v) is 10.8. The quantitative estimate of drug-likeness (QED) is 0.439. The largest absolute Gasteiger partial charge is 0.378 e. The summed E-state index contributed by atoms with van der Waals surface area (Å²) in [4.78, 5) is 24.8. The Kier molecular flexibility index (Phi) is 5.65. The number of likely N-dealkylation sites (tertiary alicyclic amines) is 1. The monoisotopic (exact) mass is 489 g/mol. The van der Waals surface area contributed by atoms with Crippen LogP contribution in [0.3, 0.4) is 0 Å². The first-order chi connectivity index (χ1) is 17.3. The molecule has 2 N–H and O–H groups in total. The Bertz CT molecular complexity index is 1330. The molecule has 0 bridgehead atoms. The summed E-state index contributed by atoms with van der Waals surface area (Å²) in [5.74, 6) is 1.72. The van der Waals surface area contributed by atoms with Crippen LogP contribution in [-0.4, -0.2) is 76.8 Å². The number of fused-ring (bicyclic) bond motifs is 2. The molecule has 3 aromatic heterocycles. The minimum absolute atomic E-state index is 0.317. The number of hydrogen-bond donors (Lipinski definition) is 2. The maximum absolute atomic E-state index is 5.65. The van der Waals surface area contributed by atoms with E-state index in [-0.39, 0.29) is 0 Å². The molecule has 9 heteroatoms. The van der Waals surface area contributed by atoms with Gasteiger partial charge in [0.1, 0.15) is 15.4 Å². The number of thiazole rings is 1. The summed E-state index contributed by atoms with van der Waals surface area (Å²) < 4.78 is 5.65. The summed E-state index contributed by atoms with van der Waals surface area (Å²) in [6, 6.07) is 9.19. The summed E-state index contributed by atoms with van der Waals surface area (Å²) in [5.41, 5.74) is 3.10. The first kappa shape index (κ1) is 21.7. The van der Waals surface area contributed by atoms with Crippen LogP contribution in [0.2, 0.25) is 0 Å². The molecule has 3 aliphatic rings. The molecule has 3 saturated heterocycles. The number of hydrogen-bond acceptors (Lipinski definition) is 8. The van der Waals surface area contributed by atoms with Crippen molar-refractivity contribution in [2.75, 3.05) is 50.8 Å². The molecule has 2 unspecified atom stereocenters. The topological polar surface area (TPSA) is 82.2 Å². The van der Waals surface area contributed by atoms with Crippen LogP contribution in [0, 0.1) is 0 Å². The van der Waals surface area contributed by atoms with Gasteiger partial charge in [-0.3, -0.25) is 4.90 Å². The van der Waals surface area contributed by atoms with Crippen molar-refractivity contribution >= 4 is 38.4 Å². The average molecular weight is 490 g/mol. The molecular weight excluding hydrogens is 458 g/mol. The first-order valence-corrected chi connectivity index (χ1v) is 13.7. The Morgan fingerprint density at radius 2 is 1.86 bits per heavy atom. The van der Waals surface area contributed by atoms with E-state index in [2.05, 4.69) is 44.4 Å². The van der Waals surface area contributed by atoms with Crippen molar-refractivity contribution in [3.63, 3.8) is 0 Å². The molecule has 3 aliphatic heterocycles. The van der Waals surface area contributed by atoms with Crippen molar-refractivity contribution < 1.29 is 4.74 Å². The van der Waals surface area contributed by atoms with Crippen LogP contribution < -0.4 is 10.2 Å². The molecule has 0 amide bonds. The summed E-state index contributed by atoms with van der Waals surface area (Å²) in [6.07, 6.45) is 7.08. The van der Waals surface area contributed by atoms with Gasteiger partial charge in [-0.15, -0.1) is 0 Å². The average Bonchev–Trinajstić information content (AvgIpc) is 3.53. The number of benzene rings is 1. The third kappa shape index (κ3) is 3.91. The highest BCUT2D eigenvalue weighted by Crippen LogP contribution is 2.39. The third-order valence-corrected chi connectivity index (χ3v) is 8.70. The van der Waals surface area contributed by atoms with E-state index in [0.29, 0.717) is 25.3 Å². The Balaban J connectivity index is 1.37. The Morgan fingerprint density at radius 3 is 2.66 bits per heavy atom. The predicted molar refractivity (Wildman–Crippen MR) is 140 cm³/mol. The summed E-state index contributed by atoms with van der Waals surface area (Å²) in [7, 11) is 0. The number of piperidine rings is 1. The lowest BCUT2D eigenvalue weighted by atomic mass is 9.95. The number of nitrogens with one attached hydrogen (secondary N) is 2. The van der Waals surface area contributed by atoms with E-state index in [1.807, 2.05) is 6.20 Å². The maximum Gasteiger partial charge on any atom is 0.163 e. The van der Waals surface area contributed by atoms with Crippen molar-refractivity contribution in [2.24, 2.45) is 0 Å². The molecule has 0 aliphatic carbocycles. The van der Waals surface area contributed by atoms with E-state index >= 15 is 0 Å². The number of ether oxygens (including phenoxy) is 1. The minimum atomic E-state index is 0.317. The minimum Gasteiger partial charge on any atom is -0.378 e. The van der Waals surface area contributed by atoms with Gasteiger partial charge in [0, 0.05) is 41.8 Å². The summed E-state index contributed by atoms with van der Waals surface area (Å²) in [6.45, 7) is 6.49. The van der Waals surface area contributed by atoms with E-state index in [1.54, 1.807) is 11.3 Å². The fraction of sp³-hybridized carbons (Fsp3) is 0.500. The predicted octanol–water partition coefficient (Wildman–Crippen LogP) is 3.96. The lowest BCUT2D eigenvalue weighted by Gasteiger charge is -2.42. The van der Waals surface area contributed by atoms with E-state index in [1.165, 1.54) is 30.7 Å². The smallest absolute Gasteiger partial charge is 0.163 e. The lowest BCUT2D eigenvalue weighted by molar-refractivity contribution is 0.105. The number of aromatic nitrogens is 4. The van der Waals surface area contributed by atoms with E-state index in [9.17, 15) is 0 Å². The third-order valence-electron chi connectivity index (χ3n) is 7.68. The molecule has 4 aromatic rings. The molecule has 0 spiro atoms. The molecular formula is C26H31N7OS. The fourth-order valence-corrected chi connectivity index (χ4v) is 6.84. The van der Waals surface area contributed by atoms with Gasteiger partial charge in [-0.05, 0) is 51.0 Å². The molecule has 3 fully saturated rings. The number of rotatable bonds is 5. The fourth-order valence-electron chi connectivity index (χ4n) is 5.71. The molecule has 7 rings (SSSR count). The molecule has 6 heterocycles. The van der Waals surface area contributed by atoms with Gasteiger partial charge in [-0.25, -0.2) is 15.0 Å². The molecule has 8 nitrogen and oxygen atoms in total. The van der Waals surface area contributed by atoms with E-state index < -0.39 is 0 Å². The van der Waals surface area contributed by atoms with Crippen LogP contribution in [0.4, 0.5) is 5.82 Å². The van der Waals surface area contributed by atoms with Gasteiger partial charge in [0.15, 0.2) is 11.6 Å². The molecule has 1 aromatic carbocycles. The normalized spacial score (nSPS) is 22.5. The number of aromatic amines is 1. The van der Waals surface area contributed by atoms with Crippen LogP contribution >= 0.6 is 11.3 Å². The Labute approximate surface area is 208 Å². The highest BCUT2D eigenvalue weighted by atomic mass is 32.1. The van der Waals surface area contributed by atoms with Gasteiger partial charge in [-0.2, -0.15) is 0 Å². The van der Waals surface area contributed by atoms with Gasteiger partial charge >= 0.3 is 0 Å². The second kappa shape index (κ2) is 9.13. The van der Waals surface area contributed by atoms with Gasteiger partial charge in [0.25, 0.3) is 0 Å². The zero-order chi connectivity index (χ0) is 23.2. The van der Waals surface area contributed by atoms with Crippen molar-refractivity contribution in [1.29, 1.82) is 0 Å². The maximum atomic E-state index is 5.65. The van der Waals surface area contributed by atoms with E-state index in [4.69, 9.17) is 19.7 Å². The zero-order valence-corrected chi connectivity index (χ0v) is 20.7. The zero-order valence-electron chi connectivity index (χ0n) is 19.9. The first-order valence-electron chi connectivity index (χ1n) is 12.9. The van der Waals surface area contributed by atoms with Gasteiger partial charge in [-0.1, -0.05) is 29.9 Å². The van der Waals surface area contributed by atoms with Gasteiger partial charge in [0.2, 0.25) is 0 Å². The number of morpholine rings is 1. The number of nitrogens with zero attached hydrogens (tertiary/aromatic N) is 5. The van der Waals surface area contributed by atoms with Gasteiger partial charge < -0.3 is 19.9 Å². The van der Waals surface area contributed by atoms with Crippen LogP contribution in [0.15, 0.2) is 30.5 Å². The van der Waals surface area contributed by atoms with Crippen LogP contribution in [0.1, 0.15) is 36.7 Å². The van der Waals surface area contributed by atoms with Gasteiger partial charge in [0.05, 0.1) is 19.3 Å². The lowest BCUT2D eigenvalue weighted by Crippen LogP contribution is -2.53. The summed E-state index contributed by atoms with van der Waals surface area (Å²) >= 11 is 1.76. The van der Waals surface area contributed by atoms with Crippen molar-refractivity contribution in [1.82, 2.24) is 30.2 Å².